The van der Waals surface area contributed by atoms with Gasteiger partial charge in [-0.05, 0) is 37.1 Å². The highest BCUT2D eigenvalue weighted by Gasteiger charge is 2.14. The molecule has 2 N–H and O–H groups in total. The molecular weight excluding hydrogens is 276 g/mol. The van der Waals surface area contributed by atoms with Crippen LogP contribution in [0.4, 0.5) is 8.78 Å². The molecule has 6 heteroatoms. The first-order valence-electron chi connectivity index (χ1n) is 5.57. The van der Waals surface area contributed by atoms with Gasteiger partial charge in [-0.1, -0.05) is 17.7 Å². The fraction of sp³-hybridized carbons (Fsp3) is 0.308. The van der Waals surface area contributed by atoms with E-state index >= 15 is 0 Å². The Hall–Kier alpha value is -1.46. The Labute approximate surface area is 114 Å². The number of rotatable bonds is 4. The predicted octanol–water partition coefficient (Wildman–Crippen LogP) is 2.89. The number of carbonyl (C=O) groups excluding carboxylic acids is 1. The molecule has 1 rings (SSSR count). The topological polar surface area (TPSA) is 49.3 Å². The molecule has 1 amide bonds. The molecule has 0 spiro atoms. The van der Waals surface area contributed by atoms with E-state index in [0.29, 0.717) is 0 Å². The van der Waals surface area contributed by atoms with E-state index in [1.807, 2.05) is 0 Å². The maximum atomic E-state index is 13.2. The summed E-state index contributed by atoms with van der Waals surface area (Å²) in [6.45, 7) is 2.69. The van der Waals surface area contributed by atoms with Crippen molar-refractivity contribution in [3.05, 3.63) is 46.0 Å². The van der Waals surface area contributed by atoms with Crippen molar-refractivity contribution in [3.8, 4) is 0 Å². The summed E-state index contributed by atoms with van der Waals surface area (Å²) in [6.07, 6.45) is -1.14. The third kappa shape index (κ3) is 4.29. The second-order valence-corrected chi connectivity index (χ2v) is 4.62. The van der Waals surface area contributed by atoms with Crippen molar-refractivity contribution in [1.82, 2.24) is 5.32 Å². The Morgan fingerprint density at radius 1 is 1.47 bits per heavy atom. The number of halogens is 3. The van der Waals surface area contributed by atoms with Gasteiger partial charge in [-0.25, -0.2) is 8.78 Å². The monoisotopic (exact) mass is 289 g/mol. The van der Waals surface area contributed by atoms with Crippen LogP contribution >= 0.6 is 11.6 Å². The molecule has 0 aliphatic carbocycles. The van der Waals surface area contributed by atoms with E-state index in [1.165, 1.54) is 26.0 Å². The lowest BCUT2D eigenvalue weighted by molar-refractivity contribution is -0.119. The van der Waals surface area contributed by atoms with Gasteiger partial charge in [0.2, 0.25) is 0 Å². The molecule has 0 aromatic heterocycles. The number of allylic oxidation sites excluding steroid dienone is 1. The van der Waals surface area contributed by atoms with Crippen LogP contribution in [0, 0.1) is 5.82 Å². The minimum absolute atomic E-state index is 0.0597. The summed E-state index contributed by atoms with van der Waals surface area (Å²) in [5.41, 5.74) is 0.490. The van der Waals surface area contributed by atoms with Crippen molar-refractivity contribution in [2.24, 2.45) is 0 Å². The van der Waals surface area contributed by atoms with Gasteiger partial charge in [0.1, 0.15) is 5.82 Å². The first kappa shape index (κ1) is 15.6. The molecule has 1 aromatic carbocycles. The molecule has 0 heterocycles. The van der Waals surface area contributed by atoms with Gasteiger partial charge in [0.05, 0.1) is 11.1 Å². The van der Waals surface area contributed by atoms with Gasteiger partial charge in [0.25, 0.3) is 5.91 Å². The number of nitrogens with one attached hydrogen (secondary N) is 1. The van der Waals surface area contributed by atoms with E-state index in [4.69, 9.17) is 11.6 Å². The SMILES string of the molecule is CC(C)=C(F)C(=O)NCC(O)c1ccc(Cl)c(F)c1. The Kier molecular flexibility index (Phi) is 5.44. The van der Waals surface area contributed by atoms with Gasteiger partial charge < -0.3 is 10.4 Å². The van der Waals surface area contributed by atoms with E-state index in [2.05, 4.69) is 5.32 Å². The van der Waals surface area contributed by atoms with Crippen molar-refractivity contribution in [1.29, 1.82) is 0 Å². The molecule has 3 nitrogen and oxygen atoms in total. The summed E-state index contributed by atoms with van der Waals surface area (Å²) in [4.78, 5) is 11.3. The van der Waals surface area contributed by atoms with Crippen LogP contribution in [0.15, 0.2) is 29.6 Å². The smallest absolute Gasteiger partial charge is 0.280 e. The van der Waals surface area contributed by atoms with Crippen molar-refractivity contribution in [2.75, 3.05) is 6.54 Å². The first-order valence-corrected chi connectivity index (χ1v) is 5.95. The average molecular weight is 290 g/mol. The van der Waals surface area contributed by atoms with Crippen molar-refractivity contribution in [2.45, 2.75) is 20.0 Å². The van der Waals surface area contributed by atoms with Crippen LogP contribution in [0.3, 0.4) is 0 Å². The molecule has 0 saturated carbocycles. The lowest BCUT2D eigenvalue weighted by Crippen LogP contribution is -2.29. The van der Waals surface area contributed by atoms with Crippen LogP contribution in [-0.4, -0.2) is 17.6 Å². The number of aliphatic hydroxyl groups is 1. The molecule has 1 atom stereocenters. The van der Waals surface area contributed by atoms with Gasteiger partial charge in [0, 0.05) is 6.54 Å². The van der Waals surface area contributed by atoms with Crippen molar-refractivity contribution < 1.29 is 18.7 Å². The van der Waals surface area contributed by atoms with Gasteiger partial charge in [-0.3, -0.25) is 4.79 Å². The van der Waals surface area contributed by atoms with Gasteiger partial charge in [-0.15, -0.1) is 0 Å². The van der Waals surface area contributed by atoms with E-state index < -0.39 is 23.7 Å². The molecule has 0 bridgehead atoms. The van der Waals surface area contributed by atoms with E-state index in [1.54, 1.807) is 0 Å². The molecule has 0 aliphatic heterocycles. The van der Waals surface area contributed by atoms with Gasteiger partial charge in [0.15, 0.2) is 5.83 Å². The lowest BCUT2D eigenvalue weighted by atomic mass is 10.1. The minimum atomic E-state index is -1.14. The Bertz CT molecular complexity index is 513. The van der Waals surface area contributed by atoms with Crippen LogP contribution in [0.5, 0.6) is 0 Å². The van der Waals surface area contributed by atoms with Crippen molar-refractivity contribution >= 4 is 17.5 Å². The molecule has 0 saturated heterocycles. The van der Waals surface area contributed by atoms with Crippen LogP contribution in [0.25, 0.3) is 0 Å². The van der Waals surface area contributed by atoms with Crippen LogP contribution in [-0.2, 0) is 4.79 Å². The van der Waals surface area contributed by atoms with Crippen molar-refractivity contribution in [3.63, 3.8) is 0 Å². The lowest BCUT2D eigenvalue weighted by Gasteiger charge is -2.12. The fourth-order valence-electron chi connectivity index (χ4n) is 1.33. The Morgan fingerprint density at radius 3 is 2.63 bits per heavy atom. The van der Waals surface area contributed by atoms with Crippen LogP contribution in [0.1, 0.15) is 25.5 Å². The molecule has 0 fully saturated rings. The van der Waals surface area contributed by atoms with Gasteiger partial charge in [-0.2, -0.15) is 0 Å². The van der Waals surface area contributed by atoms with E-state index in [0.717, 1.165) is 6.07 Å². The summed E-state index contributed by atoms with van der Waals surface area (Å²) in [6, 6.07) is 3.80. The van der Waals surface area contributed by atoms with Crippen LogP contribution in [0.2, 0.25) is 5.02 Å². The Morgan fingerprint density at radius 2 is 2.11 bits per heavy atom. The summed E-state index contributed by atoms with van der Waals surface area (Å²) in [5, 5.41) is 11.9. The Balaban J connectivity index is 2.66. The zero-order valence-electron chi connectivity index (χ0n) is 10.5. The fourth-order valence-corrected chi connectivity index (χ4v) is 1.45. The highest BCUT2D eigenvalue weighted by atomic mass is 35.5. The quantitative estimate of drug-likeness (QED) is 0.837. The molecular formula is C13H14ClF2NO2. The predicted molar refractivity (Wildman–Crippen MR) is 68.9 cm³/mol. The van der Waals surface area contributed by atoms with Gasteiger partial charge >= 0.3 is 0 Å². The molecule has 0 aliphatic rings. The third-order valence-corrected chi connectivity index (χ3v) is 2.73. The maximum absolute atomic E-state index is 13.2. The number of amides is 1. The molecule has 1 aromatic rings. The van der Waals surface area contributed by atoms with E-state index in [-0.39, 0.29) is 22.7 Å². The maximum Gasteiger partial charge on any atom is 0.280 e. The highest BCUT2D eigenvalue weighted by molar-refractivity contribution is 6.30. The van der Waals surface area contributed by atoms with E-state index in [9.17, 15) is 18.7 Å². The van der Waals surface area contributed by atoms with Crippen LogP contribution < -0.4 is 5.32 Å². The summed E-state index contributed by atoms with van der Waals surface area (Å²) >= 11 is 5.51. The molecule has 19 heavy (non-hydrogen) atoms. The number of aliphatic hydroxyl groups excluding tert-OH is 1. The number of hydrogen-bond acceptors (Lipinski definition) is 2. The standard InChI is InChI=1S/C13H14ClF2NO2/c1-7(2)12(16)13(19)17-6-11(18)8-3-4-9(14)10(15)5-8/h3-5,11,18H,6H2,1-2H3,(H,17,19). The third-order valence-electron chi connectivity index (χ3n) is 2.42. The summed E-state index contributed by atoms with van der Waals surface area (Å²) in [7, 11) is 0. The zero-order chi connectivity index (χ0) is 14.6. The zero-order valence-corrected chi connectivity index (χ0v) is 11.3. The summed E-state index contributed by atoms with van der Waals surface area (Å²) in [5.74, 6) is -2.47. The summed E-state index contributed by atoms with van der Waals surface area (Å²) < 4.78 is 26.4. The normalized spacial score (nSPS) is 11.9. The number of carbonyl (C=O) groups is 1. The first-order chi connectivity index (χ1) is 8.82. The average Bonchev–Trinajstić information content (AvgIpc) is 2.37. The molecule has 1 unspecified atom stereocenters. The number of benzene rings is 1. The second-order valence-electron chi connectivity index (χ2n) is 4.21. The number of hydrogen-bond donors (Lipinski definition) is 2. The molecule has 0 radical (unpaired) electrons. The molecule has 104 valence electrons. The second kappa shape index (κ2) is 6.63. The highest BCUT2D eigenvalue weighted by Crippen LogP contribution is 2.20. The largest absolute Gasteiger partial charge is 0.387 e. The minimum Gasteiger partial charge on any atom is -0.387 e.